The number of phenolic OH excluding ortho intramolecular Hbond substituents is 1. The molecule has 0 radical (unpaired) electrons. The summed E-state index contributed by atoms with van der Waals surface area (Å²) in [6.45, 7) is 2.75. The number of hydrogen-bond donors (Lipinski definition) is 2. The number of nitrogens with one attached hydrogen (secondary N) is 1. The van der Waals surface area contributed by atoms with Gasteiger partial charge < -0.3 is 24.6 Å². The van der Waals surface area contributed by atoms with Crippen molar-refractivity contribution < 1.29 is 38.5 Å². The highest BCUT2D eigenvalue weighted by Crippen LogP contribution is 2.56. The van der Waals surface area contributed by atoms with E-state index in [0.29, 0.717) is 11.5 Å². The molecule has 9 heteroatoms. The van der Waals surface area contributed by atoms with Crippen LogP contribution in [0.1, 0.15) is 35.3 Å². The highest BCUT2D eigenvalue weighted by Gasteiger charge is 2.58. The van der Waals surface area contributed by atoms with Crippen LogP contribution in [-0.2, 0) is 26.3 Å². The van der Waals surface area contributed by atoms with E-state index >= 15 is 0 Å². The Bertz CT molecular complexity index is 1880. The van der Waals surface area contributed by atoms with Gasteiger partial charge in [-0.15, -0.1) is 0 Å². The summed E-state index contributed by atoms with van der Waals surface area (Å²) < 4.78 is 17.5. The third kappa shape index (κ3) is 4.41. The van der Waals surface area contributed by atoms with Gasteiger partial charge in [-0.3, -0.25) is 19.2 Å². The van der Waals surface area contributed by atoms with E-state index in [1.165, 1.54) is 20.1 Å². The normalized spacial score (nSPS) is 18.8. The van der Waals surface area contributed by atoms with E-state index in [1.54, 1.807) is 0 Å². The van der Waals surface area contributed by atoms with Gasteiger partial charge >= 0.3 is 0 Å². The summed E-state index contributed by atoms with van der Waals surface area (Å²) in [6, 6.07) is 22.0. The van der Waals surface area contributed by atoms with Gasteiger partial charge in [0.1, 0.15) is 51.4 Å². The summed E-state index contributed by atoms with van der Waals surface area (Å²) in [7, 11) is 1.33. The van der Waals surface area contributed by atoms with Crippen LogP contribution in [-0.4, -0.2) is 35.5 Å². The average Bonchev–Trinajstić information content (AvgIpc) is 3.30. The lowest BCUT2D eigenvalue weighted by Gasteiger charge is -2.30. The maximum atomic E-state index is 13.7. The molecule has 4 aromatic carbocycles. The Hall–Kier alpha value is -5.44. The number of aromatic hydroxyl groups is 1. The van der Waals surface area contributed by atoms with E-state index in [0.717, 1.165) is 29.3 Å². The van der Waals surface area contributed by atoms with Crippen LogP contribution in [0.15, 0.2) is 84.6 Å². The first-order valence-electron chi connectivity index (χ1n) is 13.6. The summed E-state index contributed by atoms with van der Waals surface area (Å²) in [5.41, 5.74) is -0.885. The zero-order valence-electron chi connectivity index (χ0n) is 23.6. The quantitative estimate of drug-likeness (QED) is 0.288. The summed E-state index contributed by atoms with van der Waals surface area (Å²) in [5.74, 6) is -3.32. The van der Waals surface area contributed by atoms with Gasteiger partial charge in [-0.25, -0.2) is 0 Å². The Morgan fingerprint density at radius 3 is 2.37 bits per heavy atom. The molecule has 216 valence electrons. The minimum Gasteiger partial charge on any atom is -0.507 e. The number of benzene rings is 4. The maximum absolute atomic E-state index is 13.7. The monoisotopic (exact) mass is 577 g/mol. The van der Waals surface area contributed by atoms with Crippen LogP contribution in [0.3, 0.4) is 0 Å². The third-order valence-electron chi connectivity index (χ3n) is 7.98. The molecule has 0 fully saturated rings. The fraction of sp³-hybridized carbons (Fsp3) is 0.176. The van der Waals surface area contributed by atoms with Crippen LogP contribution in [0, 0.1) is 5.92 Å². The number of hydrogen-bond acceptors (Lipinski definition) is 8. The molecule has 0 spiro atoms. The number of rotatable bonds is 7. The largest absolute Gasteiger partial charge is 0.507 e. The Morgan fingerprint density at radius 1 is 0.977 bits per heavy atom. The van der Waals surface area contributed by atoms with Gasteiger partial charge in [-0.05, 0) is 43.0 Å². The second-order valence-corrected chi connectivity index (χ2v) is 10.6. The van der Waals surface area contributed by atoms with Crippen LogP contribution >= 0.6 is 0 Å². The van der Waals surface area contributed by atoms with Crippen molar-refractivity contribution in [1.29, 1.82) is 0 Å². The fourth-order valence-corrected chi connectivity index (χ4v) is 5.81. The summed E-state index contributed by atoms with van der Waals surface area (Å²) in [5, 5.41) is 15.6. The molecule has 43 heavy (non-hydrogen) atoms. The summed E-state index contributed by atoms with van der Waals surface area (Å²) in [4.78, 5) is 52.0. The minimum atomic E-state index is -1.64. The van der Waals surface area contributed by atoms with Gasteiger partial charge in [0.2, 0.25) is 0 Å². The Labute approximate surface area is 246 Å². The molecule has 1 amide bonds. The van der Waals surface area contributed by atoms with Crippen molar-refractivity contribution in [3.05, 3.63) is 101 Å². The number of ether oxygens (including phenoxy) is 3. The van der Waals surface area contributed by atoms with Crippen LogP contribution in [0.4, 0.5) is 0 Å². The highest BCUT2D eigenvalue weighted by atomic mass is 16.5. The van der Waals surface area contributed by atoms with Gasteiger partial charge in [0, 0.05) is 24.1 Å². The van der Waals surface area contributed by atoms with Crippen molar-refractivity contribution in [3.8, 4) is 28.7 Å². The van der Waals surface area contributed by atoms with Crippen LogP contribution in [0.25, 0.3) is 10.8 Å². The molecule has 1 aliphatic heterocycles. The lowest BCUT2D eigenvalue weighted by atomic mass is 9.67. The first-order chi connectivity index (χ1) is 20.6. The molecule has 1 aliphatic carbocycles. The number of fused-ring (bicyclic) bond motifs is 4. The van der Waals surface area contributed by atoms with Gasteiger partial charge in [-0.1, -0.05) is 48.5 Å². The van der Waals surface area contributed by atoms with Gasteiger partial charge in [0.25, 0.3) is 5.91 Å². The summed E-state index contributed by atoms with van der Waals surface area (Å²) in [6.07, 6.45) is 1.09. The molecule has 0 saturated heterocycles. The number of carbonyl (C=O) groups excluding carboxylic acids is 4. The first-order valence-corrected chi connectivity index (χ1v) is 13.6. The Morgan fingerprint density at radius 2 is 1.67 bits per heavy atom. The van der Waals surface area contributed by atoms with Gasteiger partial charge in [0.15, 0.2) is 17.3 Å². The number of methoxy groups -OCH3 is 1. The van der Waals surface area contributed by atoms with Crippen molar-refractivity contribution in [2.75, 3.05) is 7.11 Å². The molecule has 9 nitrogen and oxygen atoms in total. The van der Waals surface area contributed by atoms with E-state index < -0.39 is 34.6 Å². The number of para-hydroxylation sites is 1. The van der Waals surface area contributed by atoms with E-state index in [-0.39, 0.29) is 40.7 Å². The molecule has 0 bridgehead atoms. The van der Waals surface area contributed by atoms with E-state index in [1.807, 2.05) is 66.7 Å². The number of Topliss-reactive ketones (excluding diaryl/α,β-unsaturated/α-hetero) is 2. The number of phenols is 1. The zero-order valence-corrected chi connectivity index (χ0v) is 23.6. The second kappa shape index (κ2) is 10.4. The number of allylic oxidation sites excluding steroid dienone is 2. The minimum absolute atomic E-state index is 0.00122. The topological polar surface area (TPSA) is 128 Å². The van der Waals surface area contributed by atoms with Crippen LogP contribution < -0.4 is 19.5 Å². The molecular formula is C34H27NO8. The highest BCUT2D eigenvalue weighted by molar-refractivity contribution is 6.27. The molecule has 1 unspecified atom stereocenters. The lowest BCUT2D eigenvalue weighted by Crippen LogP contribution is -2.47. The fourth-order valence-electron chi connectivity index (χ4n) is 5.81. The molecule has 4 aromatic rings. The molecule has 0 saturated carbocycles. The lowest BCUT2D eigenvalue weighted by molar-refractivity contribution is -0.140. The van der Waals surface area contributed by atoms with Crippen LogP contribution in [0.2, 0.25) is 0 Å². The number of amides is 1. The molecule has 1 heterocycles. The molecule has 0 aromatic heterocycles. The Kier molecular flexibility index (Phi) is 6.73. The zero-order chi connectivity index (χ0) is 30.5. The van der Waals surface area contributed by atoms with Crippen molar-refractivity contribution in [1.82, 2.24) is 5.32 Å². The smallest absolute Gasteiger partial charge is 0.259 e. The standard InChI is InChI=1S/C34H27NO8/c1-18(36)28-23(37)16-27-34(2,32(28)39)30-24(38)15-26(41-3)29(31(30)43-27)33(40)35-17-19-13-14-25(22-12-8-7-11-21(19)22)42-20-9-5-4-6-10-20/h4-16,28,38H,17H2,1-3H3,(H,35,40)/t28?,34-/m1/s1. The summed E-state index contributed by atoms with van der Waals surface area (Å²) >= 11 is 0. The van der Waals surface area contributed by atoms with Crippen molar-refractivity contribution in [3.63, 3.8) is 0 Å². The average molecular weight is 578 g/mol. The molecule has 6 rings (SSSR count). The van der Waals surface area contributed by atoms with E-state index in [2.05, 4.69) is 5.32 Å². The maximum Gasteiger partial charge on any atom is 0.259 e. The van der Waals surface area contributed by atoms with Gasteiger partial charge in [-0.2, -0.15) is 0 Å². The molecule has 2 N–H and O–H groups in total. The number of ketones is 3. The van der Waals surface area contributed by atoms with E-state index in [4.69, 9.17) is 14.2 Å². The second-order valence-electron chi connectivity index (χ2n) is 10.6. The first kappa shape index (κ1) is 27.7. The van der Waals surface area contributed by atoms with Crippen molar-refractivity contribution in [2.45, 2.75) is 25.8 Å². The third-order valence-corrected chi connectivity index (χ3v) is 7.98. The van der Waals surface area contributed by atoms with E-state index in [9.17, 15) is 24.3 Å². The van der Waals surface area contributed by atoms with Crippen LogP contribution in [0.5, 0.6) is 28.7 Å². The SMILES string of the molecule is COc1cc(O)c2c(c1C(=O)NCc1ccc(Oc3ccccc3)c3ccccc13)OC1=CC(=O)C(C(C)=O)C(=O)[C@]12C. The molecular weight excluding hydrogens is 550 g/mol. The van der Waals surface area contributed by atoms with Gasteiger partial charge in [0.05, 0.1) is 12.7 Å². The Balaban J connectivity index is 1.35. The molecule has 2 atom stereocenters. The molecule has 2 aliphatic rings. The predicted octanol–water partition coefficient (Wildman–Crippen LogP) is 5.17. The van der Waals surface area contributed by atoms with Crippen molar-refractivity contribution >= 4 is 34.0 Å². The number of carbonyl (C=O) groups is 4. The van der Waals surface area contributed by atoms with Crippen molar-refractivity contribution in [2.24, 2.45) is 5.92 Å². The predicted molar refractivity (Wildman–Crippen MR) is 157 cm³/mol.